The summed E-state index contributed by atoms with van der Waals surface area (Å²) in [4.78, 5) is 16.3. The Balaban J connectivity index is 1.90. The van der Waals surface area contributed by atoms with Crippen molar-refractivity contribution in [3.05, 3.63) is 58.4 Å². The maximum atomic E-state index is 12.1. The second-order valence-electron chi connectivity index (χ2n) is 4.29. The fourth-order valence-electron chi connectivity index (χ4n) is 2.04. The smallest absolute Gasteiger partial charge is 0.197 e. The molecule has 0 bridgehead atoms. The number of benzene rings is 1. The Morgan fingerprint density at radius 2 is 2.11 bits per heavy atom. The Labute approximate surface area is 120 Å². The summed E-state index contributed by atoms with van der Waals surface area (Å²) in [6.45, 7) is 0. The van der Waals surface area contributed by atoms with Crippen molar-refractivity contribution in [2.45, 2.75) is 4.90 Å². The second-order valence-corrected chi connectivity index (χ2v) is 6.26. The number of rotatable bonds is 2. The average molecular weight is 287 g/mol. The molecule has 0 saturated carbocycles. The number of carbonyl (C=O) groups excluding carboxylic acids is 1. The molecule has 0 aliphatic carbocycles. The normalized spacial score (nSPS) is 16.5. The molecule has 0 fully saturated rings. The first-order valence-corrected chi connectivity index (χ1v) is 7.86. The summed E-state index contributed by atoms with van der Waals surface area (Å²) in [5, 5.41) is 1.93. The van der Waals surface area contributed by atoms with Gasteiger partial charge in [-0.05, 0) is 23.6 Å². The lowest BCUT2D eigenvalue weighted by molar-refractivity contribution is 0.104. The van der Waals surface area contributed by atoms with Crippen molar-refractivity contribution in [3.8, 4) is 0 Å². The van der Waals surface area contributed by atoms with Gasteiger partial charge in [-0.1, -0.05) is 18.2 Å². The van der Waals surface area contributed by atoms with Crippen LogP contribution in [0.25, 0.3) is 0 Å². The molecule has 0 spiro atoms. The lowest BCUT2D eigenvalue weighted by atomic mass is 10.2. The van der Waals surface area contributed by atoms with Crippen LogP contribution in [0.15, 0.2) is 58.4 Å². The Morgan fingerprint density at radius 3 is 2.89 bits per heavy atom. The van der Waals surface area contributed by atoms with E-state index in [1.807, 2.05) is 36.7 Å². The summed E-state index contributed by atoms with van der Waals surface area (Å²) in [5.74, 6) is 0.932. The molecule has 0 N–H and O–H groups in total. The van der Waals surface area contributed by atoms with Crippen LogP contribution in [0, 0.1) is 0 Å². The molecule has 0 amide bonds. The van der Waals surface area contributed by atoms with E-state index in [4.69, 9.17) is 0 Å². The number of nitrogens with zero attached hydrogens (tertiary/aromatic N) is 1. The number of thiophene rings is 1. The average Bonchev–Trinajstić information content (AvgIpc) is 2.96. The molecular weight excluding hydrogens is 274 g/mol. The number of ketones is 1. The standard InChI is InChI=1S/C15H13NOS2/c1-16-11(9-13(17)15-7-4-8-18-15)10-19-14-6-3-2-5-12(14)16/h2-9H,10H2,1H3/b11-9-. The fourth-order valence-corrected chi connectivity index (χ4v) is 3.78. The third kappa shape index (κ3) is 2.46. The Hall–Kier alpha value is -1.52. The number of hydrogen-bond acceptors (Lipinski definition) is 4. The molecule has 2 aromatic rings. The van der Waals surface area contributed by atoms with E-state index >= 15 is 0 Å². The van der Waals surface area contributed by atoms with Crippen LogP contribution >= 0.6 is 23.1 Å². The minimum atomic E-state index is 0.0943. The highest BCUT2D eigenvalue weighted by Gasteiger charge is 2.19. The number of hydrogen-bond donors (Lipinski definition) is 0. The molecule has 2 nitrogen and oxygen atoms in total. The van der Waals surface area contributed by atoms with Crippen LogP contribution in [-0.4, -0.2) is 18.6 Å². The highest BCUT2D eigenvalue weighted by atomic mass is 32.2. The SMILES string of the molecule is CN1/C(=C\C(=O)c2cccs2)CSc2ccccc21. The van der Waals surface area contributed by atoms with E-state index in [-0.39, 0.29) is 5.78 Å². The molecule has 0 unspecified atom stereocenters. The Morgan fingerprint density at radius 1 is 1.26 bits per heavy atom. The highest BCUT2D eigenvalue weighted by molar-refractivity contribution is 7.99. The fraction of sp³-hybridized carbons (Fsp3) is 0.133. The quantitative estimate of drug-likeness (QED) is 0.614. The lowest BCUT2D eigenvalue weighted by Crippen LogP contribution is -2.23. The van der Waals surface area contributed by atoms with Crippen LogP contribution < -0.4 is 4.90 Å². The summed E-state index contributed by atoms with van der Waals surface area (Å²) in [7, 11) is 2.02. The third-order valence-corrected chi connectivity index (χ3v) is 5.08. The van der Waals surface area contributed by atoms with Gasteiger partial charge in [-0.25, -0.2) is 0 Å². The van der Waals surface area contributed by atoms with E-state index < -0.39 is 0 Å². The van der Waals surface area contributed by atoms with Gasteiger partial charge in [0.05, 0.1) is 10.6 Å². The first kappa shape index (κ1) is 12.5. The zero-order valence-electron chi connectivity index (χ0n) is 10.5. The Kier molecular flexibility index (Phi) is 3.44. The van der Waals surface area contributed by atoms with Gasteiger partial charge in [-0.2, -0.15) is 0 Å². The van der Waals surface area contributed by atoms with Gasteiger partial charge in [0, 0.05) is 29.5 Å². The van der Waals surface area contributed by atoms with Gasteiger partial charge in [0.15, 0.2) is 5.78 Å². The number of fused-ring (bicyclic) bond motifs is 1. The predicted molar refractivity (Wildman–Crippen MR) is 82.3 cm³/mol. The molecule has 4 heteroatoms. The van der Waals surface area contributed by atoms with Gasteiger partial charge in [-0.3, -0.25) is 4.79 Å². The van der Waals surface area contributed by atoms with Crippen molar-refractivity contribution < 1.29 is 4.79 Å². The van der Waals surface area contributed by atoms with Crippen molar-refractivity contribution >= 4 is 34.6 Å². The number of carbonyl (C=O) groups is 1. The van der Waals surface area contributed by atoms with Gasteiger partial charge in [0.2, 0.25) is 0 Å². The van der Waals surface area contributed by atoms with Crippen molar-refractivity contribution in [2.24, 2.45) is 0 Å². The molecule has 3 rings (SSSR count). The first-order valence-electron chi connectivity index (χ1n) is 5.99. The molecule has 96 valence electrons. The van der Waals surface area contributed by atoms with Crippen molar-refractivity contribution in [1.29, 1.82) is 0 Å². The molecule has 1 aliphatic rings. The number of anilines is 1. The maximum absolute atomic E-state index is 12.1. The molecule has 1 aromatic carbocycles. The van der Waals surface area contributed by atoms with Crippen molar-refractivity contribution in [3.63, 3.8) is 0 Å². The monoisotopic (exact) mass is 287 g/mol. The van der Waals surface area contributed by atoms with E-state index in [0.29, 0.717) is 0 Å². The van der Waals surface area contributed by atoms with Crippen molar-refractivity contribution in [2.75, 3.05) is 17.7 Å². The summed E-state index contributed by atoms with van der Waals surface area (Å²) in [5.41, 5.74) is 2.23. The molecule has 0 saturated heterocycles. The van der Waals surface area contributed by atoms with Crippen LogP contribution in [0.5, 0.6) is 0 Å². The third-order valence-electron chi connectivity index (χ3n) is 3.09. The zero-order valence-corrected chi connectivity index (χ0v) is 12.1. The lowest BCUT2D eigenvalue weighted by Gasteiger charge is -2.29. The molecule has 19 heavy (non-hydrogen) atoms. The zero-order chi connectivity index (χ0) is 13.2. The van der Waals surface area contributed by atoms with Gasteiger partial charge in [0.25, 0.3) is 0 Å². The summed E-state index contributed by atoms with van der Waals surface area (Å²) in [6.07, 6.45) is 1.76. The number of para-hydroxylation sites is 1. The number of allylic oxidation sites excluding steroid dienone is 1. The molecule has 1 aromatic heterocycles. The van der Waals surface area contributed by atoms with Crippen LogP contribution in [0.1, 0.15) is 9.67 Å². The second kappa shape index (κ2) is 5.23. The van der Waals surface area contributed by atoms with Gasteiger partial charge in [0.1, 0.15) is 0 Å². The topological polar surface area (TPSA) is 20.3 Å². The summed E-state index contributed by atoms with van der Waals surface area (Å²) >= 11 is 3.27. The predicted octanol–water partition coefficient (Wildman–Crippen LogP) is 4.06. The molecule has 0 atom stereocenters. The molecule has 0 radical (unpaired) electrons. The minimum absolute atomic E-state index is 0.0943. The van der Waals surface area contributed by atoms with Crippen LogP contribution in [-0.2, 0) is 0 Å². The van der Waals surface area contributed by atoms with Crippen LogP contribution in [0.3, 0.4) is 0 Å². The van der Waals surface area contributed by atoms with E-state index in [2.05, 4.69) is 17.0 Å². The molecule has 1 aliphatic heterocycles. The van der Waals surface area contributed by atoms with Gasteiger partial charge < -0.3 is 4.90 Å². The first-order chi connectivity index (χ1) is 9.25. The van der Waals surface area contributed by atoms with Gasteiger partial charge in [-0.15, -0.1) is 23.1 Å². The van der Waals surface area contributed by atoms with Gasteiger partial charge >= 0.3 is 0 Å². The van der Waals surface area contributed by atoms with Crippen LogP contribution in [0.2, 0.25) is 0 Å². The molecule has 2 heterocycles. The summed E-state index contributed by atoms with van der Waals surface area (Å²) in [6, 6.07) is 12.1. The van der Waals surface area contributed by atoms with E-state index in [1.54, 1.807) is 17.8 Å². The van der Waals surface area contributed by atoms with Crippen LogP contribution in [0.4, 0.5) is 5.69 Å². The van der Waals surface area contributed by atoms with E-state index in [9.17, 15) is 4.79 Å². The number of thioether (sulfide) groups is 1. The molecular formula is C15H13NOS2. The minimum Gasteiger partial charge on any atom is -0.346 e. The van der Waals surface area contributed by atoms with E-state index in [1.165, 1.54) is 21.9 Å². The van der Waals surface area contributed by atoms with E-state index in [0.717, 1.165) is 16.3 Å². The Bertz CT molecular complexity index is 631. The largest absolute Gasteiger partial charge is 0.346 e. The van der Waals surface area contributed by atoms with Crippen molar-refractivity contribution in [1.82, 2.24) is 0 Å². The maximum Gasteiger partial charge on any atom is 0.197 e. The summed E-state index contributed by atoms with van der Waals surface area (Å²) < 4.78 is 0. The highest BCUT2D eigenvalue weighted by Crippen LogP contribution is 2.37.